The smallest absolute Gasteiger partial charge is 0.277 e. The molecule has 0 spiro atoms. The fourth-order valence-electron chi connectivity index (χ4n) is 2.70. The Morgan fingerprint density at radius 3 is 2.68 bits per heavy atom. The first kappa shape index (κ1) is 20.6. The van der Waals surface area contributed by atoms with Crippen LogP contribution in [0.3, 0.4) is 0 Å². The summed E-state index contributed by atoms with van der Waals surface area (Å²) in [6.45, 7) is 5.47. The van der Waals surface area contributed by atoms with Crippen LogP contribution in [0.2, 0.25) is 0 Å². The highest BCUT2D eigenvalue weighted by atomic mass is 79.9. The SMILES string of the molecule is CCCN(Cc1ccc(C)cc1)C(=O)CSc1nnc(-c2cccc(Br)c2)o1. The third kappa shape index (κ3) is 5.69. The minimum Gasteiger partial charge on any atom is -0.411 e. The molecule has 1 amide bonds. The number of amides is 1. The summed E-state index contributed by atoms with van der Waals surface area (Å²) >= 11 is 4.70. The van der Waals surface area contributed by atoms with Crippen molar-refractivity contribution in [1.82, 2.24) is 15.1 Å². The van der Waals surface area contributed by atoms with E-state index < -0.39 is 0 Å². The summed E-state index contributed by atoms with van der Waals surface area (Å²) in [6.07, 6.45) is 0.913. The van der Waals surface area contributed by atoms with Gasteiger partial charge in [-0.1, -0.05) is 70.5 Å². The normalized spacial score (nSPS) is 10.8. The zero-order valence-corrected chi connectivity index (χ0v) is 18.3. The van der Waals surface area contributed by atoms with Crippen molar-refractivity contribution in [2.45, 2.75) is 32.0 Å². The Morgan fingerprint density at radius 2 is 1.96 bits per heavy atom. The molecule has 0 radical (unpaired) electrons. The Balaban J connectivity index is 1.60. The second-order valence-corrected chi connectivity index (χ2v) is 8.32. The van der Waals surface area contributed by atoms with Crippen molar-refractivity contribution >= 4 is 33.6 Å². The number of carbonyl (C=O) groups is 1. The van der Waals surface area contributed by atoms with Crippen LogP contribution in [-0.2, 0) is 11.3 Å². The number of hydrogen-bond donors (Lipinski definition) is 0. The molecule has 7 heteroatoms. The maximum absolute atomic E-state index is 12.7. The van der Waals surface area contributed by atoms with Gasteiger partial charge in [-0.25, -0.2) is 0 Å². The van der Waals surface area contributed by atoms with Crippen molar-refractivity contribution < 1.29 is 9.21 Å². The number of aryl methyl sites for hydroxylation is 1. The van der Waals surface area contributed by atoms with Crippen molar-refractivity contribution in [2.24, 2.45) is 0 Å². The van der Waals surface area contributed by atoms with Crippen molar-refractivity contribution in [3.05, 3.63) is 64.1 Å². The van der Waals surface area contributed by atoms with Crippen molar-refractivity contribution in [1.29, 1.82) is 0 Å². The second kappa shape index (κ2) is 9.89. The fourth-order valence-corrected chi connectivity index (χ4v) is 3.76. The Kier molecular flexibility index (Phi) is 7.28. The van der Waals surface area contributed by atoms with Crippen LogP contribution in [0.15, 0.2) is 62.6 Å². The van der Waals surface area contributed by atoms with Gasteiger partial charge >= 0.3 is 0 Å². The van der Waals surface area contributed by atoms with Gasteiger partial charge in [0, 0.05) is 23.1 Å². The average molecular weight is 460 g/mol. The predicted octanol–water partition coefficient (Wildman–Crippen LogP) is 5.34. The molecular weight excluding hydrogens is 438 g/mol. The lowest BCUT2D eigenvalue weighted by molar-refractivity contribution is -0.129. The number of carbonyl (C=O) groups excluding carboxylic acids is 1. The topological polar surface area (TPSA) is 59.2 Å². The van der Waals surface area contributed by atoms with Gasteiger partial charge in [0.15, 0.2) is 0 Å². The summed E-state index contributed by atoms with van der Waals surface area (Å²) in [5, 5.41) is 8.53. The van der Waals surface area contributed by atoms with Gasteiger partial charge in [-0.3, -0.25) is 4.79 Å². The molecule has 0 saturated heterocycles. The number of benzene rings is 2. The van der Waals surface area contributed by atoms with Crippen LogP contribution in [0, 0.1) is 6.92 Å². The van der Waals surface area contributed by atoms with E-state index in [0.717, 1.165) is 28.6 Å². The first-order chi connectivity index (χ1) is 13.5. The van der Waals surface area contributed by atoms with E-state index in [0.29, 0.717) is 17.7 Å². The van der Waals surface area contributed by atoms with Gasteiger partial charge in [-0.05, 0) is 37.1 Å². The number of rotatable bonds is 8. The number of nitrogens with zero attached hydrogens (tertiary/aromatic N) is 3. The third-order valence-electron chi connectivity index (χ3n) is 4.14. The summed E-state index contributed by atoms with van der Waals surface area (Å²) in [5.41, 5.74) is 3.18. The molecule has 2 aromatic carbocycles. The quantitative estimate of drug-likeness (QED) is 0.425. The molecule has 0 saturated carbocycles. The summed E-state index contributed by atoms with van der Waals surface area (Å²) < 4.78 is 6.64. The van der Waals surface area contributed by atoms with E-state index in [4.69, 9.17) is 4.42 Å². The maximum atomic E-state index is 12.7. The Morgan fingerprint density at radius 1 is 1.18 bits per heavy atom. The highest BCUT2D eigenvalue weighted by Crippen LogP contribution is 2.25. The molecular formula is C21H22BrN3O2S. The molecule has 0 aliphatic rings. The molecule has 0 aliphatic heterocycles. The summed E-state index contributed by atoms with van der Waals surface area (Å²) in [6, 6.07) is 15.9. The van der Waals surface area contributed by atoms with Gasteiger partial charge in [0.1, 0.15) is 0 Å². The molecule has 0 atom stereocenters. The maximum Gasteiger partial charge on any atom is 0.277 e. The monoisotopic (exact) mass is 459 g/mol. The molecule has 0 unspecified atom stereocenters. The number of aromatic nitrogens is 2. The Labute approximate surface area is 177 Å². The fraction of sp³-hybridized carbons (Fsp3) is 0.286. The second-order valence-electron chi connectivity index (χ2n) is 6.47. The molecule has 0 bridgehead atoms. The van der Waals surface area contributed by atoms with Gasteiger partial charge in [0.25, 0.3) is 5.22 Å². The molecule has 3 rings (SSSR count). The third-order valence-corrected chi connectivity index (χ3v) is 5.43. The summed E-state index contributed by atoms with van der Waals surface area (Å²) in [4.78, 5) is 14.6. The zero-order chi connectivity index (χ0) is 19.9. The molecule has 5 nitrogen and oxygen atoms in total. The zero-order valence-electron chi connectivity index (χ0n) is 15.9. The molecule has 0 aliphatic carbocycles. The van der Waals surface area contributed by atoms with Crippen LogP contribution in [-0.4, -0.2) is 33.3 Å². The first-order valence-electron chi connectivity index (χ1n) is 9.10. The average Bonchev–Trinajstić information content (AvgIpc) is 3.16. The van der Waals surface area contributed by atoms with Crippen LogP contribution in [0.4, 0.5) is 0 Å². The Hall–Kier alpha value is -2.12. The number of hydrogen-bond acceptors (Lipinski definition) is 5. The molecule has 1 heterocycles. The van der Waals surface area contributed by atoms with Crippen LogP contribution < -0.4 is 0 Å². The standard InChI is InChI=1S/C21H22BrN3O2S/c1-3-11-25(13-16-9-7-15(2)8-10-16)19(26)14-28-21-24-23-20(27-21)17-5-4-6-18(22)12-17/h4-10,12H,3,11,13-14H2,1-2H3. The molecule has 1 aromatic heterocycles. The van der Waals surface area contributed by atoms with Gasteiger partial charge in [-0.2, -0.15) is 0 Å². The summed E-state index contributed by atoms with van der Waals surface area (Å²) in [5.74, 6) is 0.780. The van der Waals surface area contributed by atoms with Crippen LogP contribution in [0.5, 0.6) is 0 Å². The van der Waals surface area contributed by atoms with Gasteiger partial charge < -0.3 is 9.32 Å². The highest BCUT2D eigenvalue weighted by molar-refractivity contribution is 9.10. The predicted molar refractivity (Wildman–Crippen MR) is 115 cm³/mol. The lowest BCUT2D eigenvalue weighted by Crippen LogP contribution is -2.32. The van der Waals surface area contributed by atoms with Gasteiger partial charge in [0.05, 0.1) is 5.75 Å². The van der Waals surface area contributed by atoms with E-state index in [-0.39, 0.29) is 11.7 Å². The Bertz CT molecular complexity index is 927. The minimum atomic E-state index is 0.0645. The number of thioether (sulfide) groups is 1. The van der Waals surface area contributed by atoms with Crippen LogP contribution in [0.25, 0.3) is 11.5 Å². The van der Waals surface area contributed by atoms with E-state index in [1.165, 1.54) is 17.3 Å². The molecule has 0 N–H and O–H groups in total. The van der Waals surface area contributed by atoms with E-state index in [2.05, 4.69) is 64.2 Å². The molecule has 3 aromatic rings. The van der Waals surface area contributed by atoms with E-state index in [1.54, 1.807) is 0 Å². The largest absolute Gasteiger partial charge is 0.411 e. The molecule has 0 fully saturated rings. The van der Waals surface area contributed by atoms with E-state index >= 15 is 0 Å². The molecule has 28 heavy (non-hydrogen) atoms. The number of halogens is 1. The summed E-state index contributed by atoms with van der Waals surface area (Å²) in [7, 11) is 0. The van der Waals surface area contributed by atoms with E-state index in [1.807, 2.05) is 29.2 Å². The van der Waals surface area contributed by atoms with Crippen LogP contribution in [0.1, 0.15) is 24.5 Å². The lowest BCUT2D eigenvalue weighted by atomic mass is 10.1. The van der Waals surface area contributed by atoms with Gasteiger partial charge in [-0.15, -0.1) is 10.2 Å². The first-order valence-corrected chi connectivity index (χ1v) is 10.9. The lowest BCUT2D eigenvalue weighted by Gasteiger charge is -2.22. The van der Waals surface area contributed by atoms with Crippen molar-refractivity contribution in [3.63, 3.8) is 0 Å². The minimum absolute atomic E-state index is 0.0645. The molecule has 146 valence electrons. The van der Waals surface area contributed by atoms with Crippen LogP contribution >= 0.6 is 27.7 Å². The highest BCUT2D eigenvalue weighted by Gasteiger charge is 2.16. The van der Waals surface area contributed by atoms with E-state index in [9.17, 15) is 4.79 Å². The van der Waals surface area contributed by atoms with Crippen molar-refractivity contribution in [2.75, 3.05) is 12.3 Å². The van der Waals surface area contributed by atoms with Gasteiger partial charge in [0.2, 0.25) is 11.8 Å². The van der Waals surface area contributed by atoms with Crippen molar-refractivity contribution in [3.8, 4) is 11.5 Å².